The number of nitriles is 1. The molecule has 5 aromatic rings. The Morgan fingerprint density at radius 2 is 1.90 bits per heavy atom. The Bertz CT molecular complexity index is 2140. The fourth-order valence-electron chi connectivity index (χ4n) is 5.22. The number of anilines is 1. The zero-order valence-electron chi connectivity index (χ0n) is 25.8. The average molecular weight is 695 g/mol. The molecule has 0 saturated carbocycles. The van der Waals surface area contributed by atoms with Gasteiger partial charge in [-0.25, -0.2) is 14.5 Å². The number of alkyl halides is 3. The molecule has 1 aromatic carbocycles. The molecule has 1 amide bonds. The van der Waals surface area contributed by atoms with E-state index in [0.717, 1.165) is 11.3 Å². The van der Waals surface area contributed by atoms with E-state index in [4.69, 9.17) is 21.5 Å². The monoisotopic (exact) mass is 694 g/mol. The SMILES string of the molecule is C[C@@H]1CCC[C@H](n2cnc(-c3cc(Cl)ccc3-n3cc(C#N)nn3)cc2=O)c2cc(ccn2)-c2c(cnn2C)NC1=O.O=C(O)C(F)(F)F. The van der Waals surface area contributed by atoms with Gasteiger partial charge in [-0.2, -0.15) is 23.5 Å². The van der Waals surface area contributed by atoms with Crippen LogP contribution in [-0.4, -0.2) is 62.5 Å². The summed E-state index contributed by atoms with van der Waals surface area (Å²) in [5.41, 5.74) is 4.29. The van der Waals surface area contributed by atoms with Crippen LogP contribution in [0.1, 0.15) is 43.6 Å². The van der Waals surface area contributed by atoms with E-state index in [1.165, 1.54) is 23.3 Å². The number of nitrogens with one attached hydrogen (secondary N) is 1. The van der Waals surface area contributed by atoms with Gasteiger partial charge in [0.2, 0.25) is 5.91 Å². The maximum absolute atomic E-state index is 13.7. The molecule has 0 saturated heterocycles. The summed E-state index contributed by atoms with van der Waals surface area (Å²) in [4.78, 5) is 44.8. The quantitative estimate of drug-likeness (QED) is 0.266. The highest BCUT2D eigenvalue weighted by atomic mass is 35.5. The number of benzene rings is 1. The second kappa shape index (κ2) is 14.1. The topological polar surface area (TPSA) is 186 Å². The number of hydrogen-bond donors (Lipinski definition) is 2. The van der Waals surface area contributed by atoms with Gasteiger partial charge in [0.1, 0.15) is 6.07 Å². The zero-order valence-corrected chi connectivity index (χ0v) is 26.5. The van der Waals surface area contributed by atoms with Crippen molar-refractivity contribution in [3.8, 4) is 34.3 Å². The summed E-state index contributed by atoms with van der Waals surface area (Å²) in [6.07, 6.45) is 3.15. The summed E-state index contributed by atoms with van der Waals surface area (Å²) < 4.78 is 36.5. The van der Waals surface area contributed by atoms with Crippen LogP contribution in [0, 0.1) is 17.2 Å². The summed E-state index contributed by atoms with van der Waals surface area (Å²) in [6, 6.07) is 11.9. The molecular weight excluding hydrogens is 669 g/mol. The van der Waals surface area contributed by atoms with Crippen molar-refractivity contribution in [3.63, 3.8) is 0 Å². The lowest BCUT2D eigenvalue weighted by Gasteiger charge is -2.22. The number of carbonyl (C=O) groups is 2. The predicted octanol–water partition coefficient (Wildman–Crippen LogP) is 4.79. The van der Waals surface area contributed by atoms with E-state index in [1.807, 2.05) is 32.2 Å². The Morgan fingerprint density at radius 1 is 1.14 bits per heavy atom. The number of aliphatic carboxylic acids is 1. The summed E-state index contributed by atoms with van der Waals surface area (Å²) >= 11 is 6.31. The fraction of sp³-hybridized carbons (Fsp3) is 0.258. The largest absolute Gasteiger partial charge is 0.490 e. The second-order valence-corrected chi connectivity index (χ2v) is 11.4. The van der Waals surface area contributed by atoms with E-state index < -0.39 is 18.2 Å². The smallest absolute Gasteiger partial charge is 0.475 e. The number of carboxylic acid groups (broad SMARTS) is 1. The standard InChI is InChI=1S/C29H25ClN10O2.C2HF3O2/c1-17-4-3-5-26(23-10-18(8-9-32-23)28-24(35-29(17)42)14-34-38(28)2)39-16-33-22(12-27(39)41)21-11-19(30)6-7-25(21)40-15-20(13-31)36-37-40;3-2(4,5)1(6)7/h6-12,14-17,26H,3-5H2,1-2H3,(H,35,42);(H,6,7)/t17-,26+;/m1./s1. The first-order valence-electron chi connectivity index (χ1n) is 14.6. The molecule has 4 aromatic heterocycles. The van der Waals surface area contributed by atoms with Crippen molar-refractivity contribution in [1.29, 1.82) is 5.26 Å². The Labute approximate surface area is 280 Å². The molecule has 5 heterocycles. The Balaban J connectivity index is 0.000000606. The van der Waals surface area contributed by atoms with Gasteiger partial charge in [0.25, 0.3) is 5.56 Å². The molecule has 49 heavy (non-hydrogen) atoms. The highest BCUT2D eigenvalue weighted by Gasteiger charge is 2.38. The van der Waals surface area contributed by atoms with Crippen LogP contribution in [0.25, 0.3) is 28.2 Å². The number of nitrogens with zero attached hydrogens (tertiary/aromatic N) is 9. The highest BCUT2D eigenvalue weighted by molar-refractivity contribution is 6.31. The van der Waals surface area contributed by atoms with E-state index in [2.05, 4.69) is 30.7 Å². The Morgan fingerprint density at radius 3 is 2.57 bits per heavy atom. The molecule has 0 unspecified atom stereocenters. The van der Waals surface area contributed by atoms with Crippen LogP contribution < -0.4 is 10.9 Å². The van der Waals surface area contributed by atoms with Gasteiger partial charge in [-0.1, -0.05) is 30.2 Å². The minimum Gasteiger partial charge on any atom is -0.475 e. The van der Waals surface area contributed by atoms with Crippen LogP contribution in [0.2, 0.25) is 5.02 Å². The van der Waals surface area contributed by atoms with Crippen molar-refractivity contribution in [2.75, 3.05) is 5.32 Å². The molecule has 2 bridgehead atoms. The van der Waals surface area contributed by atoms with Crippen LogP contribution in [-0.2, 0) is 16.6 Å². The lowest BCUT2D eigenvalue weighted by molar-refractivity contribution is -0.192. The molecule has 2 N–H and O–H groups in total. The number of fused-ring (bicyclic) bond motifs is 4. The predicted molar refractivity (Wildman–Crippen MR) is 168 cm³/mol. The average Bonchev–Trinajstić information content (AvgIpc) is 3.69. The molecule has 1 aliphatic rings. The van der Waals surface area contributed by atoms with Crippen LogP contribution in [0.4, 0.5) is 18.9 Å². The lowest BCUT2D eigenvalue weighted by Crippen LogP contribution is -2.27. The van der Waals surface area contributed by atoms with Gasteiger partial charge in [-0.15, -0.1) is 5.10 Å². The van der Waals surface area contributed by atoms with E-state index in [0.29, 0.717) is 52.6 Å². The molecule has 0 aliphatic carbocycles. The molecule has 18 heteroatoms. The third-order valence-electron chi connectivity index (χ3n) is 7.66. The Hall–Kier alpha value is -5.89. The number of halogens is 4. The maximum Gasteiger partial charge on any atom is 0.490 e. The number of hydrogen-bond acceptors (Lipinski definition) is 9. The Kier molecular flexibility index (Phi) is 9.89. The van der Waals surface area contributed by atoms with Crippen molar-refractivity contribution < 1.29 is 27.9 Å². The van der Waals surface area contributed by atoms with Crippen molar-refractivity contribution in [3.05, 3.63) is 88.1 Å². The van der Waals surface area contributed by atoms with Crippen LogP contribution in [0.15, 0.2) is 66.1 Å². The number of aromatic nitrogens is 8. The molecule has 0 spiro atoms. The second-order valence-electron chi connectivity index (χ2n) is 11.0. The van der Waals surface area contributed by atoms with E-state index in [-0.39, 0.29) is 23.1 Å². The maximum atomic E-state index is 13.7. The van der Waals surface area contributed by atoms with Gasteiger partial charge in [-0.3, -0.25) is 23.8 Å². The molecule has 0 fully saturated rings. The summed E-state index contributed by atoms with van der Waals surface area (Å²) in [5, 5.41) is 32.0. The normalized spacial score (nSPS) is 16.1. The van der Waals surface area contributed by atoms with Crippen LogP contribution >= 0.6 is 11.6 Å². The first kappa shape index (κ1) is 34.4. The highest BCUT2D eigenvalue weighted by Crippen LogP contribution is 2.33. The van der Waals surface area contributed by atoms with Crippen molar-refractivity contribution in [1.82, 2.24) is 39.3 Å². The minimum absolute atomic E-state index is 0.0783. The van der Waals surface area contributed by atoms with Crippen molar-refractivity contribution in [2.24, 2.45) is 13.0 Å². The molecule has 6 rings (SSSR count). The van der Waals surface area contributed by atoms with Gasteiger partial charge in [-0.05, 0) is 43.2 Å². The van der Waals surface area contributed by atoms with Crippen LogP contribution in [0.3, 0.4) is 0 Å². The molecule has 1 aliphatic heterocycles. The van der Waals surface area contributed by atoms with E-state index in [9.17, 15) is 28.0 Å². The molecule has 2 atom stereocenters. The van der Waals surface area contributed by atoms with E-state index >= 15 is 0 Å². The number of rotatable bonds is 3. The number of carboxylic acids is 1. The fourth-order valence-corrected chi connectivity index (χ4v) is 5.39. The molecule has 14 nitrogen and oxygen atoms in total. The number of pyridine rings is 1. The number of amides is 1. The van der Waals surface area contributed by atoms with Crippen molar-refractivity contribution >= 4 is 29.2 Å². The summed E-state index contributed by atoms with van der Waals surface area (Å²) in [5.74, 6) is -3.07. The molecular formula is C31H26ClF3N10O4. The van der Waals surface area contributed by atoms with Crippen molar-refractivity contribution in [2.45, 2.75) is 38.4 Å². The first-order chi connectivity index (χ1) is 23.3. The summed E-state index contributed by atoms with van der Waals surface area (Å²) in [7, 11) is 1.82. The first-order valence-corrected chi connectivity index (χ1v) is 14.9. The van der Waals surface area contributed by atoms with Gasteiger partial charge in [0.15, 0.2) is 5.69 Å². The third-order valence-corrected chi connectivity index (χ3v) is 7.89. The van der Waals surface area contributed by atoms with E-state index in [1.54, 1.807) is 39.8 Å². The summed E-state index contributed by atoms with van der Waals surface area (Å²) in [6.45, 7) is 1.89. The molecule has 252 valence electrons. The number of aryl methyl sites for hydroxylation is 1. The van der Waals surface area contributed by atoms with Gasteiger partial charge in [0, 0.05) is 41.4 Å². The lowest BCUT2D eigenvalue weighted by atomic mass is 9.97. The zero-order chi connectivity index (χ0) is 35.5. The molecule has 0 radical (unpaired) electrons. The van der Waals surface area contributed by atoms with Crippen LogP contribution in [0.5, 0.6) is 0 Å². The third kappa shape index (κ3) is 7.65. The van der Waals surface area contributed by atoms with Gasteiger partial charge < -0.3 is 10.4 Å². The van der Waals surface area contributed by atoms with Gasteiger partial charge >= 0.3 is 12.1 Å². The number of carbonyl (C=O) groups excluding carboxylic acids is 1. The minimum atomic E-state index is -5.08. The van der Waals surface area contributed by atoms with Gasteiger partial charge in [0.05, 0.1) is 53.2 Å².